The van der Waals surface area contributed by atoms with Gasteiger partial charge >= 0.3 is 0 Å². The molecule has 3 heteroatoms. The summed E-state index contributed by atoms with van der Waals surface area (Å²) in [5.74, 6) is 0.0946. The Morgan fingerprint density at radius 1 is 1.64 bits per heavy atom. The quantitative estimate of drug-likeness (QED) is 0.595. The molecule has 1 amide bonds. The Labute approximate surface area is 67.5 Å². The molecule has 1 fully saturated rings. The van der Waals surface area contributed by atoms with Gasteiger partial charge in [0, 0.05) is 12.6 Å². The summed E-state index contributed by atoms with van der Waals surface area (Å²) in [7, 11) is 0. The van der Waals surface area contributed by atoms with Crippen LogP contribution >= 0.6 is 0 Å². The summed E-state index contributed by atoms with van der Waals surface area (Å²) in [6.07, 6.45) is 3.51. The van der Waals surface area contributed by atoms with Gasteiger partial charge in [0.15, 0.2) is 0 Å². The molecule has 0 bridgehead atoms. The molecule has 1 heterocycles. The third kappa shape index (κ3) is 1.93. The highest BCUT2D eigenvalue weighted by molar-refractivity contribution is 5.78. The molecule has 0 aromatic rings. The van der Waals surface area contributed by atoms with E-state index in [1.165, 1.54) is 6.42 Å². The van der Waals surface area contributed by atoms with Crippen molar-refractivity contribution in [3.63, 3.8) is 0 Å². The maximum Gasteiger partial charge on any atom is 0.236 e. The zero-order valence-corrected chi connectivity index (χ0v) is 7.05. The Kier molecular flexibility index (Phi) is 2.88. The first-order valence-electron chi connectivity index (χ1n) is 4.25. The maximum absolute atomic E-state index is 11.2. The molecule has 1 atom stereocenters. The second-order valence-electron chi connectivity index (χ2n) is 3.14. The van der Waals surface area contributed by atoms with Crippen molar-refractivity contribution in [1.82, 2.24) is 4.90 Å². The number of piperidine rings is 1. The first kappa shape index (κ1) is 8.53. The number of nitrogens with zero attached hydrogens (tertiary/aromatic N) is 1. The Hall–Kier alpha value is -0.570. The van der Waals surface area contributed by atoms with E-state index in [2.05, 4.69) is 6.92 Å². The summed E-state index contributed by atoms with van der Waals surface area (Å²) in [4.78, 5) is 13.1. The maximum atomic E-state index is 11.2. The van der Waals surface area contributed by atoms with Crippen molar-refractivity contribution >= 4 is 5.91 Å². The van der Waals surface area contributed by atoms with Gasteiger partial charge in [0.2, 0.25) is 5.91 Å². The molecule has 0 aromatic heterocycles. The number of hydrogen-bond acceptors (Lipinski definition) is 2. The molecular weight excluding hydrogens is 140 g/mol. The van der Waals surface area contributed by atoms with Gasteiger partial charge in [0.1, 0.15) is 0 Å². The zero-order chi connectivity index (χ0) is 8.27. The third-order valence-electron chi connectivity index (χ3n) is 2.30. The zero-order valence-electron chi connectivity index (χ0n) is 7.05. The van der Waals surface area contributed by atoms with E-state index in [1.807, 2.05) is 4.90 Å². The van der Waals surface area contributed by atoms with Gasteiger partial charge in [-0.15, -0.1) is 0 Å². The van der Waals surface area contributed by atoms with E-state index >= 15 is 0 Å². The predicted molar refractivity (Wildman–Crippen MR) is 44.1 cm³/mol. The molecule has 0 unspecified atom stereocenters. The molecule has 0 aliphatic carbocycles. The van der Waals surface area contributed by atoms with E-state index in [0.717, 1.165) is 19.4 Å². The highest BCUT2D eigenvalue weighted by Gasteiger charge is 2.21. The van der Waals surface area contributed by atoms with E-state index in [-0.39, 0.29) is 12.5 Å². The van der Waals surface area contributed by atoms with Crippen LogP contribution in [0.2, 0.25) is 0 Å². The van der Waals surface area contributed by atoms with Crippen molar-refractivity contribution in [3.05, 3.63) is 0 Å². The lowest BCUT2D eigenvalue weighted by Gasteiger charge is -2.33. The molecule has 1 rings (SSSR count). The van der Waals surface area contributed by atoms with E-state index in [4.69, 9.17) is 5.73 Å². The largest absolute Gasteiger partial charge is 0.339 e. The topological polar surface area (TPSA) is 46.3 Å². The predicted octanol–water partition coefficient (Wildman–Crippen LogP) is 0.346. The van der Waals surface area contributed by atoms with E-state index in [9.17, 15) is 4.79 Å². The number of carbonyl (C=O) groups excluding carboxylic acids is 1. The number of likely N-dealkylation sites (tertiary alicyclic amines) is 1. The fourth-order valence-corrected chi connectivity index (χ4v) is 1.59. The lowest BCUT2D eigenvalue weighted by molar-refractivity contribution is -0.132. The SMILES string of the molecule is C[C@H]1CCCCN1C(=O)CN. The molecule has 0 saturated carbocycles. The normalized spacial score (nSPS) is 25.3. The average Bonchev–Trinajstić information content (AvgIpc) is 2.04. The smallest absolute Gasteiger partial charge is 0.236 e. The molecule has 3 nitrogen and oxygen atoms in total. The van der Waals surface area contributed by atoms with Crippen LogP contribution in [0.15, 0.2) is 0 Å². The van der Waals surface area contributed by atoms with Gasteiger partial charge in [0.25, 0.3) is 0 Å². The summed E-state index contributed by atoms with van der Waals surface area (Å²) in [5.41, 5.74) is 5.27. The summed E-state index contributed by atoms with van der Waals surface area (Å²) in [5, 5.41) is 0. The number of carbonyl (C=O) groups is 1. The Balaban J connectivity index is 2.47. The van der Waals surface area contributed by atoms with Crippen molar-refractivity contribution in [2.24, 2.45) is 5.73 Å². The fraction of sp³-hybridized carbons (Fsp3) is 0.875. The molecule has 1 saturated heterocycles. The van der Waals surface area contributed by atoms with Crippen LogP contribution in [0.25, 0.3) is 0 Å². The fourth-order valence-electron chi connectivity index (χ4n) is 1.59. The van der Waals surface area contributed by atoms with E-state index in [0.29, 0.717) is 6.04 Å². The first-order valence-corrected chi connectivity index (χ1v) is 4.25. The molecule has 0 radical (unpaired) electrons. The summed E-state index contributed by atoms with van der Waals surface area (Å²) >= 11 is 0. The minimum absolute atomic E-state index is 0.0946. The average molecular weight is 156 g/mol. The minimum atomic E-state index is 0.0946. The molecule has 0 aromatic carbocycles. The number of amides is 1. The van der Waals surface area contributed by atoms with Gasteiger partial charge in [-0.25, -0.2) is 0 Å². The van der Waals surface area contributed by atoms with Gasteiger partial charge in [-0.3, -0.25) is 4.79 Å². The molecule has 64 valence electrons. The van der Waals surface area contributed by atoms with Crippen LogP contribution < -0.4 is 5.73 Å². The highest BCUT2D eigenvalue weighted by atomic mass is 16.2. The van der Waals surface area contributed by atoms with Crippen molar-refractivity contribution < 1.29 is 4.79 Å². The number of rotatable bonds is 1. The van der Waals surface area contributed by atoms with Crippen molar-refractivity contribution in [2.45, 2.75) is 32.2 Å². The summed E-state index contributed by atoms with van der Waals surface area (Å²) < 4.78 is 0. The summed E-state index contributed by atoms with van der Waals surface area (Å²) in [6, 6.07) is 0.403. The van der Waals surface area contributed by atoms with Crippen LogP contribution in [0, 0.1) is 0 Å². The van der Waals surface area contributed by atoms with Gasteiger partial charge in [-0.2, -0.15) is 0 Å². The van der Waals surface area contributed by atoms with E-state index in [1.54, 1.807) is 0 Å². The van der Waals surface area contributed by atoms with Crippen molar-refractivity contribution in [2.75, 3.05) is 13.1 Å². The van der Waals surface area contributed by atoms with Crippen LogP contribution in [0.1, 0.15) is 26.2 Å². The Morgan fingerprint density at radius 2 is 2.36 bits per heavy atom. The first-order chi connectivity index (χ1) is 5.25. The van der Waals surface area contributed by atoms with Gasteiger partial charge in [-0.05, 0) is 26.2 Å². The Morgan fingerprint density at radius 3 is 2.91 bits per heavy atom. The van der Waals surface area contributed by atoms with Crippen molar-refractivity contribution in [1.29, 1.82) is 0 Å². The van der Waals surface area contributed by atoms with Crippen molar-refractivity contribution in [3.8, 4) is 0 Å². The van der Waals surface area contributed by atoms with Crippen LogP contribution in [-0.4, -0.2) is 29.9 Å². The lowest BCUT2D eigenvalue weighted by Crippen LogP contribution is -2.44. The van der Waals surface area contributed by atoms with Crippen LogP contribution in [0.5, 0.6) is 0 Å². The highest BCUT2D eigenvalue weighted by Crippen LogP contribution is 2.15. The van der Waals surface area contributed by atoms with Gasteiger partial charge in [-0.1, -0.05) is 0 Å². The third-order valence-corrected chi connectivity index (χ3v) is 2.30. The lowest BCUT2D eigenvalue weighted by atomic mass is 10.0. The number of nitrogens with two attached hydrogens (primary N) is 1. The minimum Gasteiger partial charge on any atom is -0.339 e. The number of hydrogen-bond donors (Lipinski definition) is 1. The standard InChI is InChI=1S/C8H16N2O/c1-7-4-2-3-5-10(7)8(11)6-9/h7H,2-6,9H2,1H3/t7-/m0/s1. The second-order valence-corrected chi connectivity index (χ2v) is 3.14. The molecule has 1 aliphatic rings. The molecule has 1 aliphatic heterocycles. The second kappa shape index (κ2) is 3.72. The molecular formula is C8H16N2O. The molecule has 2 N–H and O–H groups in total. The summed E-state index contributed by atoms with van der Waals surface area (Å²) in [6.45, 7) is 3.15. The molecule has 11 heavy (non-hydrogen) atoms. The van der Waals surface area contributed by atoms with Crippen LogP contribution in [-0.2, 0) is 4.79 Å². The van der Waals surface area contributed by atoms with Gasteiger partial charge in [0.05, 0.1) is 6.54 Å². The van der Waals surface area contributed by atoms with E-state index < -0.39 is 0 Å². The van der Waals surface area contributed by atoms with Gasteiger partial charge < -0.3 is 10.6 Å². The monoisotopic (exact) mass is 156 g/mol. The van der Waals surface area contributed by atoms with Crippen LogP contribution in [0.3, 0.4) is 0 Å². The molecule has 0 spiro atoms. The van der Waals surface area contributed by atoms with Crippen LogP contribution in [0.4, 0.5) is 0 Å². The Bertz CT molecular complexity index is 147.